The topological polar surface area (TPSA) is 65.6 Å². The first-order valence-corrected chi connectivity index (χ1v) is 6.86. The number of hydrogen-bond acceptors (Lipinski definition) is 4. The normalized spacial score (nSPS) is 10.8. The van der Waals surface area contributed by atoms with Crippen molar-refractivity contribution in [2.45, 2.75) is 6.54 Å². The standard InChI is InChI=1S/C15H12ClN3O3/c1-22-12-4-2-10(3-5-12)7-18-8-13(16)19-11(9-20)6-17-14(19)15(18)21/h2-6,8-9H,7H2,1H3. The maximum Gasteiger partial charge on any atom is 0.294 e. The van der Waals surface area contributed by atoms with Crippen LogP contribution in [0.15, 0.2) is 41.5 Å². The Bertz CT molecular complexity index is 897. The molecule has 112 valence electrons. The molecule has 0 radical (unpaired) electrons. The van der Waals surface area contributed by atoms with Crippen LogP contribution >= 0.6 is 11.6 Å². The molecule has 0 saturated carbocycles. The largest absolute Gasteiger partial charge is 0.497 e. The van der Waals surface area contributed by atoms with Gasteiger partial charge in [0.25, 0.3) is 5.56 Å². The molecule has 0 bridgehead atoms. The SMILES string of the molecule is COc1ccc(Cn2cc(Cl)n3c(C=O)cnc3c2=O)cc1. The third-order valence-corrected chi connectivity index (χ3v) is 3.62. The molecule has 0 saturated heterocycles. The highest BCUT2D eigenvalue weighted by atomic mass is 35.5. The van der Waals surface area contributed by atoms with E-state index >= 15 is 0 Å². The van der Waals surface area contributed by atoms with E-state index in [1.807, 2.05) is 24.3 Å². The lowest BCUT2D eigenvalue weighted by atomic mass is 10.2. The molecule has 3 rings (SSSR count). The highest BCUT2D eigenvalue weighted by molar-refractivity contribution is 6.29. The number of rotatable bonds is 4. The van der Waals surface area contributed by atoms with Crippen molar-refractivity contribution in [3.05, 3.63) is 63.4 Å². The van der Waals surface area contributed by atoms with E-state index in [2.05, 4.69) is 4.98 Å². The van der Waals surface area contributed by atoms with Crippen LogP contribution in [0.3, 0.4) is 0 Å². The van der Waals surface area contributed by atoms with Crippen molar-refractivity contribution in [1.82, 2.24) is 14.0 Å². The summed E-state index contributed by atoms with van der Waals surface area (Å²) in [6, 6.07) is 7.37. The van der Waals surface area contributed by atoms with E-state index in [1.54, 1.807) is 7.11 Å². The molecule has 0 unspecified atom stereocenters. The maximum absolute atomic E-state index is 12.4. The lowest BCUT2D eigenvalue weighted by Gasteiger charge is -2.09. The Labute approximate surface area is 130 Å². The van der Waals surface area contributed by atoms with E-state index in [9.17, 15) is 9.59 Å². The van der Waals surface area contributed by atoms with E-state index in [4.69, 9.17) is 16.3 Å². The number of imidazole rings is 1. The van der Waals surface area contributed by atoms with Crippen molar-refractivity contribution in [2.75, 3.05) is 7.11 Å². The van der Waals surface area contributed by atoms with Gasteiger partial charge >= 0.3 is 0 Å². The number of carbonyl (C=O) groups is 1. The van der Waals surface area contributed by atoms with Gasteiger partial charge in [-0.2, -0.15) is 0 Å². The lowest BCUT2D eigenvalue weighted by Crippen LogP contribution is -2.23. The van der Waals surface area contributed by atoms with E-state index in [-0.39, 0.29) is 22.1 Å². The number of aldehydes is 1. The van der Waals surface area contributed by atoms with Crippen LogP contribution < -0.4 is 10.3 Å². The summed E-state index contributed by atoms with van der Waals surface area (Å²) in [5.74, 6) is 0.744. The molecule has 0 fully saturated rings. The zero-order chi connectivity index (χ0) is 15.7. The minimum absolute atomic E-state index is 0.128. The number of halogens is 1. The summed E-state index contributed by atoms with van der Waals surface area (Å²) in [4.78, 5) is 27.3. The van der Waals surface area contributed by atoms with Gasteiger partial charge in [0.05, 0.1) is 19.9 Å². The maximum atomic E-state index is 12.4. The highest BCUT2D eigenvalue weighted by Crippen LogP contribution is 2.14. The van der Waals surface area contributed by atoms with Gasteiger partial charge in [0, 0.05) is 6.20 Å². The van der Waals surface area contributed by atoms with Gasteiger partial charge in [0.1, 0.15) is 16.6 Å². The molecule has 6 nitrogen and oxygen atoms in total. The molecule has 0 spiro atoms. The number of methoxy groups -OCH3 is 1. The van der Waals surface area contributed by atoms with Gasteiger partial charge in [0.15, 0.2) is 6.29 Å². The fourth-order valence-corrected chi connectivity index (χ4v) is 2.54. The number of aromatic nitrogens is 3. The fourth-order valence-electron chi connectivity index (χ4n) is 2.24. The van der Waals surface area contributed by atoms with Crippen molar-refractivity contribution in [2.24, 2.45) is 0 Å². The number of hydrogen-bond donors (Lipinski definition) is 0. The van der Waals surface area contributed by atoms with E-state index in [0.29, 0.717) is 12.8 Å². The van der Waals surface area contributed by atoms with Gasteiger partial charge in [-0.3, -0.25) is 14.0 Å². The molecule has 0 aliphatic carbocycles. The van der Waals surface area contributed by atoms with Crippen LogP contribution in [0.4, 0.5) is 0 Å². The molecule has 2 heterocycles. The first-order valence-electron chi connectivity index (χ1n) is 6.48. The summed E-state index contributed by atoms with van der Waals surface area (Å²) in [6.45, 7) is 0.350. The summed E-state index contributed by atoms with van der Waals surface area (Å²) in [7, 11) is 1.59. The van der Waals surface area contributed by atoms with Crippen molar-refractivity contribution < 1.29 is 9.53 Å². The van der Waals surface area contributed by atoms with Gasteiger partial charge in [0.2, 0.25) is 5.65 Å². The van der Waals surface area contributed by atoms with Gasteiger partial charge in [-0.1, -0.05) is 23.7 Å². The monoisotopic (exact) mass is 317 g/mol. The number of benzene rings is 1. The van der Waals surface area contributed by atoms with Crippen LogP contribution in [0.2, 0.25) is 5.15 Å². The van der Waals surface area contributed by atoms with Gasteiger partial charge < -0.3 is 9.30 Å². The van der Waals surface area contributed by atoms with Crippen LogP contribution in [-0.2, 0) is 6.54 Å². The predicted octanol–water partition coefficient (Wildman–Crippen LogP) is 2.02. The fraction of sp³-hybridized carbons (Fsp3) is 0.133. The van der Waals surface area contributed by atoms with Crippen LogP contribution in [0, 0.1) is 0 Å². The molecule has 0 N–H and O–H groups in total. The Hall–Kier alpha value is -2.60. The van der Waals surface area contributed by atoms with Crippen molar-refractivity contribution in [3.8, 4) is 5.75 Å². The second-order valence-electron chi connectivity index (χ2n) is 4.69. The Kier molecular flexibility index (Phi) is 3.68. The Morgan fingerprint density at radius 2 is 2.05 bits per heavy atom. The third-order valence-electron chi connectivity index (χ3n) is 3.35. The van der Waals surface area contributed by atoms with Crippen molar-refractivity contribution in [1.29, 1.82) is 0 Å². The molecule has 22 heavy (non-hydrogen) atoms. The summed E-state index contributed by atoms with van der Waals surface area (Å²) in [5.41, 5.74) is 0.982. The minimum Gasteiger partial charge on any atom is -0.497 e. The molecule has 0 amide bonds. The first kappa shape index (κ1) is 14.3. The second-order valence-corrected chi connectivity index (χ2v) is 5.08. The molecule has 1 aromatic carbocycles. The molecular weight excluding hydrogens is 306 g/mol. The second kappa shape index (κ2) is 5.65. The van der Waals surface area contributed by atoms with Gasteiger partial charge in [-0.25, -0.2) is 4.98 Å². The molecule has 3 aromatic rings. The molecule has 0 aliphatic rings. The molecule has 2 aromatic heterocycles. The number of nitrogens with zero attached hydrogens (tertiary/aromatic N) is 3. The van der Waals surface area contributed by atoms with E-state index < -0.39 is 0 Å². The van der Waals surface area contributed by atoms with Crippen LogP contribution in [0.5, 0.6) is 5.75 Å². The molecular formula is C15H12ClN3O3. The predicted molar refractivity (Wildman–Crippen MR) is 81.9 cm³/mol. The van der Waals surface area contributed by atoms with Crippen LogP contribution in [0.25, 0.3) is 5.65 Å². The summed E-state index contributed by atoms with van der Waals surface area (Å²) in [6.07, 6.45) is 3.43. The first-order chi connectivity index (χ1) is 10.6. The zero-order valence-corrected chi connectivity index (χ0v) is 12.4. The van der Waals surface area contributed by atoms with Crippen LogP contribution in [0.1, 0.15) is 16.1 Å². The third kappa shape index (κ3) is 2.37. The Morgan fingerprint density at radius 1 is 1.32 bits per heavy atom. The average Bonchev–Trinajstić information content (AvgIpc) is 2.98. The summed E-state index contributed by atoms with van der Waals surface area (Å²) < 4.78 is 7.89. The lowest BCUT2D eigenvalue weighted by molar-refractivity contribution is 0.111. The Balaban J connectivity index is 2.05. The smallest absolute Gasteiger partial charge is 0.294 e. The summed E-state index contributed by atoms with van der Waals surface area (Å²) >= 11 is 6.16. The van der Waals surface area contributed by atoms with Gasteiger partial charge in [-0.15, -0.1) is 0 Å². The van der Waals surface area contributed by atoms with Crippen molar-refractivity contribution in [3.63, 3.8) is 0 Å². The molecule has 7 heteroatoms. The quantitative estimate of drug-likeness (QED) is 0.691. The number of fused-ring (bicyclic) bond motifs is 1. The minimum atomic E-state index is -0.312. The average molecular weight is 318 g/mol. The number of ether oxygens (including phenoxy) is 1. The zero-order valence-electron chi connectivity index (χ0n) is 11.7. The summed E-state index contributed by atoms with van der Waals surface area (Å²) in [5, 5.41) is 0.253. The number of carbonyl (C=O) groups excluding carboxylic acids is 1. The van der Waals surface area contributed by atoms with E-state index in [0.717, 1.165) is 11.3 Å². The Morgan fingerprint density at radius 3 is 2.68 bits per heavy atom. The van der Waals surface area contributed by atoms with Crippen molar-refractivity contribution >= 4 is 23.5 Å². The highest BCUT2D eigenvalue weighted by Gasteiger charge is 2.12. The molecule has 0 atom stereocenters. The van der Waals surface area contributed by atoms with Crippen LogP contribution in [-0.4, -0.2) is 27.3 Å². The molecule has 0 aliphatic heterocycles. The van der Waals surface area contributed by atoms with Gasteiger partial charge in [-0.05, 0) is 17.7 Å². The van der Waals surface area contributed by atoms with E-state index in [1.165, 1.54) is 21.4 Å².